The molecule has 0 unspecified atom stereocenters. The zero-order valence-corrected chi connectivity index (χ0v) is 21.1. The van der Waals surface area contributed by atoms with E-state index >= 15 is 0 Å². The first-order chi connectivity index (χ1) is 17.7. The number of hydrogen-bond donors (Lipinski definition) is 2. The molecule has 0 aromatic heterocycles. The number of carboxylic acids is 2. The molecule has 1 saturated heterocycles. The zero-order chi connectivity index (χ0) is 26.5. The lowest BCUT2D eigenvalue weighted by molar-refractivity contribution is -0.122. The van der Waals surface area contributed by atoms with Crippen LogP contribution in [0.1, 0.15) is 38.8 Å². The summed E-state index contributed by atoms with van der Waals surface area (Å²) < 4.78 is 5.77. The molecule has 3 aromatic carbocycles. The maximum Gasteiger partial charge on any atom is 0.335 e. The van der Waals surface area contributed by atoms with Crippen molar-refractivity contribution in [3.8, 4) is 5.75 Å². The lowest BCUT2D eigenvalue weighted by Gasteiger charge is -2.12. The first kappa shape index (κ1) is 26.0. The van der Waals surface area contributed by atoms with Crippen molar-refractivity contribution >= 4 is 58.1 Å². The van der Waals surface area contributed by atoms with Crippen molar-refractivity contribution in [3.05, 3.63) is 98.9 Å². The molecule has 4 rings (SSSR count). The van der Waals surface area contributed by atoms with Crippen molar-refractivity contribution in [2.75, 3.05) is 6.54 Å². The number of hydrogen-bond acceptors (Lipinski definition) is 6. The van der Waals surface area contributed by atoms with Crippen molar-refractivity contribution in [1.82, 2.24) is 4.90 Å². The molecule has 3 aromatic rings. The van der Waals surface area contributed by atoms with Gasteiger partial charge < -0.3 is 14.9 Å². The summed E-state index contributed by atoms with van der Waals surface area (Å²) in [6, 6.07) is 17.8. The minimum atomic E-state index is -1.05. The molecule has 1 aliphatic heterocycles. The molecule has 0 aliphatic carbocycles. The Kier molecular flexibility index (Phi) is 7.95. The van der Waals surface area contributed by atoms with Gasteiger partial charge in [0.25, 0.3) is 5.91 Å². The molecule has 10 heteroatoms. The van der Waals surface area contributed by atoms with Gasteiger partial charge in [0.15, 0.2) is 5.17 Å². The van der Waals surface area contributed by atoms with E-state index in [0.717, 1.165) is 5.56 Å². The second kappa shape index (κ2) is 11.3. The smallest absolute Gasteiger partial charge is 0.335 e. The molecule has 1 fully saturated rings. The van der Waals surface area contributed by atoms with E-state index in [1.54, 1.807) is 48.5 Å². The molecular formula is C27H21ClN2O6S. The van der Waals surface area contributed by atoms with Crippen molar-refractivity contribution in [3.63, 3.8) is 0 Å². The van der Waals surface area contributed by atoms with Crippen molar-refractivity contribution < 1.29 is 29.3 Å². The van der Waals surface area contributed by atoms with Crippen LogP contribution in [0.5, 0.6) is 5.75 Å². The first-order valence-corrected chi connectivity index (χ1v) is 12.3. The SMILES string of the molecule is CCN1C(=O)/C(=C/c2ccc(OCc3ccc(C(=O)O)cc3)c(Cl)c2)SC1=Nc1cccc(C(=O)O)c1. The molecular weight excluding hydrogens is 516 g/mol. The number of ether oxygens (including phenoxy) is 1. The van der Waals surface area contributed by atoms with Crippen LogP contribution in [0.2, 0.25) is 5.02 Å². The number of carbonyl (C=O) groups is 3. The van der Waals surface area contributed by atoms with E-state index in [0.29, 0.717) is 38.6 Å². The number of carbonyl (C=O) groups excluding carboxylic acids is 1. The lowest BCUT2D eigenvalue weighted by Crippen LogP contribution is -2.28. The van der Waals surface area contributed by atoms with E-state index in [4.69, 9.17) is 21.4 Å². The Morgan fingerprint density at radius 2 is 1.76 bits per heavy atom. The Morgan fingerprint density at radius 1 is 1.03 bits per heavy atom. The summed E-state index contributed by atoms with van der Waals surface area (Å²) in [5.74, 6) is -1.80. The van der Waals surface area contributed by atoms with Crippen LogP contribution in [0, 0.1) is 0 Å². The summed E-state index contributed by atoms with van der Waals surface area (Å²) in [6.07, 6.45) is 1.71. The fraction of sp³-hybridized carbons (Fsp3) is 0.111. The highest BCUT2D eigenvalue weighted by atomic mass is 35.5. The van der Waals surface area contributed by atoms with Crippen LogP contribution >= 0.6 is 23.4 Å². The molecule has 0 saturated carbocycles. The van der Waals surface area contributed by atoms with E-state index in [9.17, 15) is 19.5 Å². The standard InChI is InChI=1S/C27H21ClN2O6S/c1-2-30-24(31)23(37-27(30)29-20-5-3-4-19(14-20)26(34)35)13-17-8-11-22(21(28)12-17)36-15-16-6-9-18(10-7-16)25(32)33/h3-14H,2,15H2,1H3,(H,32,33)(H,34,35)/b23-13-,29-27?. The highest BCUT2D eigenvalue weighted by Crippen LogP contribution is 2.35. The van der Waals surface area contributed by atoms with Gasteiger partial charge in [0.1, 0.15) is 12.4 Å². The highest BCUT2D eigenvalue weighted by molar-refractivity contribution is 8.18. The Morgan fingerprint density at radius 3 is 2.41 bits per heavy atom. The Labute approximate surface area is 221 Å². The summed E-state index contributed by atoms with van der Waals surface area (Å²) in [5.41, 5.74) is 2.24. The normalized spacial score (nSPS) is 15.4. The van der Waals surface area contributed by atoms with Gasteiger partial charge >= 0.3 is 11.9 Å². The van der Waals surface area contributed by atoms with Crippen LogP contribution in [0.25, 0.3) is 6.08 Å². The van der Waals surface area contributed by atoms with Gasteiger partial charge in [0.05, 0.1) is 26.7 Å². The maximum absolute atomic E-state index is 13.0. The van der Waals surface area contributed by atoms with Gasteiger partial charge in [-0.3, -0.25) is 9.69 Å². The molecule has 1 amide bonds. The minimum Gasteiger partial charge on any atom is -0.487 e. The number of amides is 1. The van der Waals surface area contributed by atoms with E-state index in [1.807, 2.05) is 6.92 Å². The molecule has 188 valence electrons. The average Bonchev–Trinajstić information content (AvgIpc) is 3.17. The molecule has 0 bridgehead atoms. The van der Waals surface area contributed by atoms with E-state index in [1.165, 1.54) is 40.9 Å². The molecule has 0 atom stereocenters. The first-order valence-electron chi connectivity index (χ1n) is 11.1. The molecule has 0 spiro atoms. The van der Waals surface area contributed by atoms with Gasteiger partial charge in [-0.2, -0.15) is 0 Å². The van der Waals surface area contributed by atoms with Crippen molar-refractivity contribution in [2.24, 2.45) is 4.99 Å². The van der Waals surface area contributed by atoms with Gasteiger partial charge in [-0.25, -0.2) is 14.6 Å². The summed E-state index contributed by atoms with van der Waals surface area (Å²) in [5, 5.41) is 19.0. The second-order valence-electron chi connectivity index (χ2n) is 7.89. The Bertz CT molecular complexity index is 1440. The van der Waals surface area contributed by atoms with Crippen LogP contribution in [0.4, 0.5) is 5.69 Å². The predicted octanol–water partition coefficient (Wildman–Crippen LogP) is 5.94. The number of amidine groups is 1. The third-order valence-electron chi connectivity index (χ3n) is 5.37. The number of aliphatic imine (C=N–C) groups is 1. The third kappa shape index (κ3) is 6.19. The molecule has 2 N–H and O–H groups in total. The fourth-order valence-corrected chi connectivity index (χ4v) is 4.78. The largest absolute Gasteiger partial charge is 0.487 e. The van der Waals surface area contributed by atoms with Crippen LogP contribution in [0.3, 0.4) is 0 Å². The number of halogens is 1. The van der Waals surface area contributed by atoms with E-state index in [2.05, 4.69) is 4.99 Å². The van der Waals surface area contributed by atoms with Crippen LogP contribution in [0.15, 0.2) is 76.6 Å². The summed E-state index contributed by atoms with van der Waals surface area (Å²) in [6.45, 7) is 2.45. The van der Waals surface area contributed by atoms with Crippen LogP contribution < -0.4 is 4.74 Å². The van der Waals surface area contributed by atoms with Gasteiger partial charge in [-0.1, -0.05) is 35.9 Å². The average molecular weight is 537 g/mol. The fourth-order valence-electron chi connectivity index (χ4n) is 3.47. The van der Waals surface area contributed by atoms with Gasteiger partial charge in [-0.15, -0.1) is 0 Å². The van der Waals surface area contributed by atoms with Gasteiger partial charge in [-0.05, 0) is 78.4 Å². The quantitative estimate of drug-likeness (QED) is 0.342. The van der Waals surface area contributed by atoms with E-state index < -0.39 is 11.9 Å². The number of benzene rings is 3. The third-order valence-corrected chi connectivity index (χ3v) is 6.67. The van der Waals surface area contributed by atoms with Crippen molar-refractivity contribution in [2.45, 2.75) is 13.5 Å². The second-order valence-corrected chi connectivity index (χ2v) is 9.31. The Balaban J connectivity index is 1.49. The highest BCUT2D eigenvalue weighted by Gasteiger charge is 2.32. The number of likely N-dealkylation sites (N-methyl/N-ethyl adjacent to an activating group) is 1. The maximum atomic E-state index is 13.0. The molecule has 1 aliphatic rings. The molecule has 37 heavy (non-hydrogen) atoms. The number of aromatic carboxylic acids is 2. The molecule has 0 radical (unpaired) electrons. The minimum absolute atomic E-state index is 0.115. The number of thioether (sulfide) groups is 1. The van der Waals surface area contributed by atoms with Gasteiger partial charge in [0, 0.05) is 6.54 Å². The number of nitrogens with zero attached hydrogens (tertiary/aromatic N) is 2. The van der Waals surface area contributed by atoms with E-state index in [-0.39, 0.29) is 23.6 Å². The summed E-state index contributed by atoms with van der Waals surface area (Å²) in [7, 11) is 0. The topological polar surface area (TPSA) is 117 Å². The number of carboxylic acid groups (broad SMARTS) is 2. The monoisotopic (exact) mass is 536 g/mol. The lowest BCUT2D eigenvalue weighted by atomic mass is 10.1. The number of rotatable bonds is 8. The Hall–Kier alpha value is -4.08. The van der Waals surface area contributed by atoms with Crippen molar-refractivity contribution in [1.29, 1.82) is 0 Å². The molecule has 1 heterocycles. The van der Waals surface area contributed by atoms with Crippen LogP contribution in [-0.2, 0) is 11.4 Å². The summed E-state index contributed by atoms with van der Waals surface area (Å²) in [4.78, 5) is 41.7. The predicted molar refractivity (Wildman–Crippen MR) is 143 cm³/mol. The van der Waals surface area contributed by atoms with Crippen LogP contribution in [-0.4, -0.2) is 44.7 Å². The zero-order valence-electron chi connectivity index (χ0n) is 19.6. The summed E-state index contributed by atoms with van der Waals surface area (Å²) >= 11 is 7.61. The van der Waals surface area contributed by atoms with Gasteiger partial charge in [0.2, 0.25) is 0 Å². The molecule has 8 nitrogen and oxygen atoms in total.